The minimum Gasteiger partial charge on any atom is -0.338 e. The zero-order valence-electron chi connectivity index (χ0n) is 17.5. The van der Waals surface area contributed by atoms with Crippen molar-refractivity contribution in [3.8, 4) is 0 Å². The topological polar surface area (TPSA) is 44.4 Å². The van der Waals surface area contributed by atoms with E-state index in [0.29, 0.717) is 12.6 Å². The van der Waals surface area contributed by atoms with E-state index in [0.717, 1.165) is 43.3 Å². The monoisotopic (exact) mass is 445 g/mol. The van der Waals surface area contributed by atoms with Gasteiger partial charge in [0.1, 0.15) is 0 Å². The van der Waals surface area contributed by atoms with Gasteiger partial charge in [0.25, 0.3) is 0 Å². The number of rotatable bonds is 7. The van der Waals surface area contributed by atoms with Crippen molar-refractivity contribution in [2.24, 2.45) is 5.92 Å². The summed E-state index contributed by atoms with van der Waals surface area (Å²) < 4.78 is 0. The van der Waals surface area contributed by atoms with Gasteiger partial charge < -0.3 is 10.6 Å². The van der Waals surface area contributed by atoms with Gasteiger partial charge in [-0.2, -0.15) is 0 Å². The molecule has 30 heavy (non-hydrogen) atoms. The number of carbonyl (C=O) groups excluding carboxylic acids is 1. The Kier molecular flexibility index (Phi) is 7.69. The third-order valence-corrected chi connectivity index (χ3v) is 7.78. The normalized spacial score (nSPS) is 22.8. The zero-order valence-corrected chi connectivity index (χ0v) is 19.1. The maximum absolute atomic E-state index is 12.4. The maximum atomic E-state index is 12.4. The van der Waals surface area contributed by atoms with E-state index >= 15 is 0 Å². The number of nitrogens with one attached hydrogen (secondary N) is 2. The average Bonchev–Trinajstić information content (AvgIpc) is 3.43. The largest absolute Gasteiger partial charge is 0.338 e. The highest BCUT2D eigenvalue weighted by atomic mass is 35.5. The standard InChI is InChI=1S/C24H32ClN3OS/c25-20-8-6-18(7-9-20)17-19-11-14-28(15-12-19)23-5-1-4-22(23)27-24(29)26-13-10-21-3-2-16-30-21/h2-3,6-9,16,19,22-23H,1,4-5,10-15,17H2,(H2,26,27,29). The van der Waals surface area contributed by atoms with Crippen LogP contribution in [0.25, 0.3) is 0 Å². The Morgan fingerprint density at radius 3 is 2.63 bits per heavy atom. The quantitative estimate of drug-likeness (QED) is 0.621. The first-order chi connectivity index (χ1) is 14.7. The van der Waals surface area contributed by atoms with Crippen LogP contribution in [0.4, 0.5) is 4.79 Å². The Hall–Kier alpha value is -1.56. The fraction of sp³-hybridized carbons (Fsp3) is 0.542. The molecule has 2 fully saturated rings. The van der Waals surface area contributed by atoms with Crippen LogP contribution in [-0.4, -0.2) is 42.6 Å². The molecule has 1 aliphatic heterocycles. The molecule has 1 aromatic carbocycles. The molecule has 1 aromatic heterocycles. The average molecular weight is 446 g/mol. The summed E-state index contributed by atoms with van der Waals surface area (Å²) in [5.74, 6) is 0.746. The Morgan fingerprint density at radius 2 is 1.90 bits per heavy atom. The molecule has 0 spiro atoms. The molecule has 2 atom stereocenters. The van der Waals surface area contributed by atoms with Crippen molar-refractivity contribution in [1.82, 2.24) is 15.5 Å². The fourth-order valence-corrected chi connectivity index (χ4v) is 5.80. The number of benzene rings is 1. The van der Waals surface area contributed by atoms with Crippen LogP contribution in [0.2, 0.25) is 5.02 Å². The third kappa shape index (κ3) is 5.99. The second kappa shape index (κ2) is 10.7. The van der Waals surface area contributed by atoms with Crippen LogP contribution in [0.5, 0.6) is 0 Å². The number of amides is 2. The van der Waals surface area contributed by atoms with Gasteiger partial charge in [-0.1, -0.05) is 29.8 Å². The molecule has 1 aliphatic carbocycles. The van der Waals surface area contributed by atoms with E-state index in [1.165, 1.54) is 36.1 Å². The van der Waals surface area contributed by atoms with E-state index in [1.54, 1.807) is 11.3 Å². The van der Waals surface area contributed by atoms with Gasteiger partial charge in [-0.15, -0.1) is 11.3 Å². The molecule has 0 bridgehead atoms. The minimum absolute atomic E-state index is 0.0129. The van der Waals surface area contributed by atoms with Crippen molar-refractivity contribution in [2.45, 2.75) is 57.0 Å². The Bertz CT molecular complexity index is 787. The number of halogens is 1. The summed E-state index contributed by atoms with van der Waals surface area (Å²) in [5, 5.41) is 9.19. The highest BCUT2D eigenvalue weighted by Crippen LogP contribution is 2.30. The molecule has 6 heteroatoms. The molecule has 2 N–H and O–H groups in total. The van der Waals surface area contributed by atoms with E-state index in [4.69, 9.17) is 11.6 Å². The third-order valence-electron chi connectivity index (χ3n) is 6.59. The second-order valence-electron chi connectivity index (χ2n) is 8.64. The Morgan fingerprint density at radius 1 is 1.10 bits per heavy atom. The molecule has 2 heterocycles. The van der Waals surface area contributed by atoms with Crippen molar-refractivity contribution in [2.75, 3.05) is 19.6 Å². The Labute approximate surface area is 189 Å². The molecular formula is C24H32ClN3OS. The highest BCUT2D eigenvalue weighted by Gasteiger charge is 2.34. The van der Waals surface area contributed by atoms with Gasteiger partial charge in [-0.05, 0) is 93.1 Å². The number of carbonyl (C=O) groups is 1. The number of piperidine rings is 1. The van der Waals surface area contributed by atoms with Crippen LogP contribution in [-0.2, 0) is 12.8 Å². The van der Waals surface area contributed by atoms with E-state index in [1.807, 2.05) is 12.1 Å². The molecule has 1 saturated carbocycles. The molecule has 2 aromatic rings. The van der Waals surface area contributed by atoms with Crippen LogP contribution in [0.15, 0.2) is 41.8 Å². The summed E-state index contributed by atoms with van der Waals surface area (Å²) in [6, 6.07) is 13.2. The minimum atomic E-state index is -0.0129. The van der Waals surface area contributed by atoms with Gasteiger partial charge in [0.2, 0.25) is 0 Å². The van der Waals surface area contributed by atoms with Crippen LogP contribution in [0.1, 0.15) is 42.5 Å². The van der Waals surface area contributed by atoms with Crippen molar-refractivity contribution in [3.05, 3.63) is 57.2 Å². The predicted molar refractivity (Wildman–Crippen MR) is 125 cm³/mol. The molecular weight excluding hydrogens is 414 g/mol. The van der Waals surface area contributed by atoms with Crippen molar-refractivity contribution in [1.29, 1.82) is 0 Å². The first kappa shape index (κ1) is 21.7. The van der Waals surface area contributed by atoms with Crippen LogP contribution >= 0.6 is 22.9 Å². The van der Waals surface area contributed by atoms with E-state index in [2.05, 4.69) is 45.2 Å². The summed E-state index contributed by atoms with van der Waals surface area (Å²) in [5.41, 5.74) is 1.39. The summed E-state index contributed by atoms with van der Waals surface area (Å²) in [6.45, 7) is 2.97. The zero-order chi connectivity index (χ0) is 20.8. The second-order valence-corrected chi connectivity index (χ2v) is 10.1. The first-order valence-corrected chi connectivity index (χ1v) is 12.5. The first-order valence-electron chi connectivity index (χ1n) is 11.2. The van der Waals surface area contributed by atoms with Crippen LogP contribution in [0, 0.1) is 5.92 Å². The summed E-state index contributed by atoms with van der Waals surface area (Å²) in [7, 11) is 0. The van der Waals surface area contributed by atoms with E-state index in [-0.39, 0.29) is 12.1 Å². The van der Waals surface area contributed by atoms with Crippen LogP contribution < -0.4 is 10.6 Å². The smallest absolute Gasteiger partial charge is 0.315 e. The highest BCUT2D eigenvalue weighted by molar-refractivity contribution is 7.09. The van der Waals surface area contributed by atoms with E-state index < -0.39 is 0 Å². The summed E-state index contributed by atoms with van der Waals surface area (Å²) in [4.78, 5) is 16.3. The van der Waals surface area contributed by atoms with Gasteiger partial charge in [-0.3, -0.25) is 4.90 Å². The lowest BCUT2D eigenvalue weighted by atomic mass is 9.89. The number of likely N-dealkylation sites (tertiary alicyclic amines) is 1. The van der Waals surface area contributed by atoms with Crippen molar-refractivity contribution in [3.63, 3.8) is 0 Å². The summed E-state index contributed by atoms with van der Waals surface area (Å²) in [6.07, 6.45) is 8.01. The summed E-state index contributed by atoms with van der Waals surface area (Å²) >= 11 is 7.75. The fourth-order valence-electron chi connectivity index (χ4n) is 4.96. The Balaban J connectivity index is 1.20. The molecule has 0 radical (unpaired) electrons. The lowest BCUT2D eigenvalue weighted by Crippen LogP contribution is -2.53. The van der Waals surface area contributed by atoms with Gasteiger partial charge in [0, 0.05) is 28.5 Å². The number of thiophene rings is 1. The maximum Gasteiger partial charge on any atom is 0.315 e. The van der Waals surface area contributed by atoms with Gasteiger partial charge in [0.15, 0.2) is 0 Å². The number of hydrogen-bond donors (Lipinski definition) is 2. The van der Waals surface area contributed by atoms with Crippen LogP contribution in [0.3, 0.4) is 0 Å². The lowest BCUT2D eigenvalue weighted by Gasteiger charge is -2.38. The van der Waals surface area contributed by atoms with Gasteiger partial charge in [0.05, 0.1) is 0 Å². The molecule has 2 aliphatic rings. The molecule has 2 unspecified atom stereocenters. The van der Waals surface area contributed by atoms with Gasteiger partial charge in [-0.25, -0.2) is 4.79 Å². The van der Waals surface area contributed by atoms with Gasteiger partial charge >= 0.3 is 6.03 Å². The predicted octanol–water partition coefficient (Wildman–Crippen LogP) is 5.12. The molecule has 162 valence electrons. The number of urea groups is 1. The molecule has 2 amide bonds. The van der Waals surface area contributed by atoms with E-state index in [9.17, 15) is 4.79 Å². The van der Waals surface area contributed by atoms with Crippen molar-refractivity contribution < 1.29 is 4.79 Å². The van der Waals surface area contributed by atoms with Crippen molar-refractivity contribution >= 4 is 29.0 Å². The molecule has 4 nitrogen and oxygen atoms in total. The lowest BCUT2D eigenvalue weighted by molar-refractivity contribution is 0.119. The molecule has 4 rings (SSSR count). The SMILES string of the molecule is O=C(NCCc1cccs1)NC1CCCC1N1CCC(Cc2ccc(Cl)cc2)CC1. The number of hydrogen-bond acceptors (Lipinski definition) is 3. The number of nitrogens with zero attached hydrogens (tertiary/aromatic N) is 1. The molecule has 1 saturated heterocycles.